The number of fused-ring (bicyclic) bond motifs is 1. The summed E-state index contributed by atoms with van der Waals surface area (Å²) >= 11 is 0. The Morgan fingerprint density at radius 3 is 3.18 bits per heavy atom. The molecule has 0 aromatic heterocycles. The first kappa shape index (κ1) is 6.59. The van der Waals surface area contributed by atoms with E-state index < -0.39 is 0 Å². The van der Waals surface area contributed by atoms with Gasteiger partial charge in [0.2, 0.25) is 0 Å². The van der Waals surface area contributed by atoms with E-state index in [1.807, 2.05) is 12.2 Å². The molecular weight excluding hydrogens is 134 g/mol. The van der Waals surface area contributed by atoms with Gasteiger partial charge in [-0.1, -0.05) is 25.5 Å². The largest absolute Gasteiger partial charge is 0.252 e. The van der Waals surface area contributed by atoms with Gasteiger partial charge in [-0.2, -0.15) is 0 Å². The molecule has 0 atom stereocenters. The number of rotatable bonds is 2. The Kier molecular flexibility index (Phi) is 1.50. The highest BCUT2D eigenvalue weighted by molar-refractivity contribution is 6.14. The van der Waals surface area contributed by atoms with Crippen molar-refractivity contribution in [3.8, 4) is 0 Å². The zero-order valence-electron chi connectivity index (χ0n) is 6.59. The van der Waals surface area contributed by atoms with E-state index >= 15 is 0 Å². The van der Waals surface area contributed by atoms with Gasteiger partial charge in [-0.25, -0.2) is 0 Å². The van der Waals surface area contributed by atoms with Crippen LogP contribution in [-0.4, -0.2) is 5.71 Å². The molecule has 1 heteroatoms. The third kappa shape index (κ3) is 1.07. The van der Waals surface area contributed by atoms with Crippen LogP contribution < -0.4 is 0 Å². The van der Waals surface area contributed by atoms with E-state index in [0.717, 1.165) is 29.8 Å². The quantitative estimate of drug-likeness (QED) is 0.564. The van der Waals surface area contributed by atoms with Crippen molar-refractivity contribution >= 4 is 5.71 Å². The van der Waals surface area contributed by atoms with E-state index in [9.17, 15) is 0 Å². The van der Waals surface area contributed by atoms with Crippen molar-refractivity contribution in [2.24, 2.45) is 4.99 Å². The Hall–Kier alpha value is -1.11. The Balaban J connectivity index is 2.20. The van der Waals surface area contributed by atoms with Gasteiger partial charge in [0.05, 0.1) is 5.71 Å². The molecule has 0 fully saturated rings. The van der Waals surface area contributed by atoms with Crippen LogP contribution in [0.1, 0.15) is 19.8 Å². The molecule has 0 saturated carbocycles. The lowest BCUT2D eigenvalue weighted by Gasteiger charge is -1.90. The fourth-order valence-electron chi connectivity index (χ4n) is 1.30. The van der Waals surface area contributed by atoms with Crippen molar-refractivity contribution in [1.29, 1.82) is 0 Å². The van der Waals surface area contributed by atoms with Crippen molar-refractivity contribution < 1.29 is 0 Å². The van der Waals surface area contributed by atoms with Gasteiger partial charge in [-0.05, 0) is 12.5 Å². The Morgan fingerprint density at radius 2 is 2.45 bits per heavy atom. The van der Waals surface area contributed by atoms with Crippen LogP contribution in [0.4, 0.5) is 0 Å². The van der Waals surface area contributed by atoms with E-state index in [4.69, 9.17) is 0 Å². The zero-order valence-corrected chi connectivity index (χ0v) is 6.59. The van der Waals surface area contributed by atoms with Gasteiger partial charge in [0.15, 0.2) is 0 Å². The summed E-state index contributed by atoms with van der Waals surface area (Å²) in [4.78, 5) is 4.41. The molecule has 0 N–H and O–H groups in total. The molecule has 2 aliphatic rings. The maximum atomic E-state index is 4.41. The van der Waals surface area contributed by atoms with E-state index in [1.165, 1.54) is 0 Å². The van der Waals surface area contributed by atoms with Crippen molar-refractivity contribution in [3.63, 3.8) is 0 Å². The number of hydrogen-bond donors (Lipinski definition) is 0. The Morgan fingerprint density at radius 1 is 1.55 bits per heavy atom. The molecule has 2 rings (SSSR count). The molecular formula is C10H10N. The van der Waals surface area contributed by atoms with Crippen molar-refractivity contribution in [3.05, 3.63) is 35.6 Å². The monoisotopic (exact) mass is 144 g/mol. The van der Waals surface area contributed by atoms with E-state index in [0.29, 0.717) is 0 Å². The first-order valence-electron chi connectivity index (χ1n) is 4.00. The molecule has 1 radical (unpaired) electrons. The van der Waals surface area contributed by atoms with Crippen LogP contribution in [0.3, 0.4) is 0 Å². The van der Waals surface area contributed by atoms with Gasteiger partial charge >= 0.3 is 0 Å². The Bertz CT molecular complexity index is 290. The van der Waals surface area contributed by atoms with Gasteiger partial charge in [-0.3, -0.25) is 4.99 Å². The first-order chi connectivity index (χ1) is 5.40. The summed E-state index contributed by atoms with van der Waals surface area (Å²) in [7, 11) is 0. The van der Waals surface area contributed by atoms with E-state index in [1.54, 1.807) is 0 Å². The second-order valence-electron chi connectivity index (χ2n) is 2.76. The van der Waals surface area contributed by atoms with Crippen molar-refractivity contribution in [2.45, 2.75) is 19.8 Å². The van der Waals surface area contributed by atoms with Crippen molar-refractivity contribution in [2.75, 3.05) is 0 Å². The summed E-state index contributed by atoms with van der Waals surface area (Å²) in [5.74, 6) is 0. The molecule has 0 amide bonds. The third-order valence-corrected chi connectivity index (χ3v) is 1.81. The number of aliphatic imine (C=N–C) groups is 1. The molecule has 0 saturated heterocycles. The van der Waals surface area contributed by atoms with Crippen LogP contribution in [0.25, 0.3) is 0 Å². The van der Waals surface area contributed by atoms with Crippen LogP contribution >= 0.6 is 0 Å². The normalized spacial score (nSPS) is 19.5. The van der Waals surface area contributed by atoms with Crippen LogP contribution in [0.15, 0.2) is 34.5 Å². The minimum absolute atomic E-state index is 1.05. The minimum atomic E-state index is 1.05. The highest BCUT2D eigenvalue weighted by Crippen LogP contribution is 2.22. The van der Waals surface area contributed by atoms with Crippen LogP contribution in [0, 0.1) is 6.08 Å². The average molecular weight is 144 g/mol. The summed E-state index contributed by atoms with van der Waals surface area (Å²) in [6.45, 7) is 2.16. The lowest BCUT2D eigenvalue weighted by Crippen LogP contribution is -1.85. The molecule has 1 aliphatic carbocycles. The van der Waals surface area contributed by atoms with Gasteiger partial charge < -0.3 is 0 Å². The van der Waals surface area contributed by atoms with Crippen LogP contribution in [-0.2, 0) is 0 Å². The van der Waals surface area contributed by atoms with Gasteiger partial charge in [0.25, 0.3) is 0 Å². The summed E-state index contributed by atoms with van der Waals surface area (Å²) in [5, 5.41) is 0. The topological polar surface area (TPSA) is 12.4 Å². The second kappa shape index (κ2) is 2.50. The number of allylic oxidation sites excluding steroid dienone is 6. The number of nitrogens with zero attached hydrogens (tertiary/aromatic N) is 1. The molecule has 11 heavy (non-hydrogen) atoms. The maximum Gasteiger partial charge on any atom is 0.0712 e. The summed E-state index contributed by atoms with van der Waals surface area (Å²) in [6, 6.07) is 0. The summed E-state index contributed by atoms with van der Waals surface area (Å²) < 4.78 is 0. The molecule has 0 spiro atoms. The molecule has 0 aromatic carbocycles. The SMILES string of the molecule is CCCC1=[C]C2=CC=CC2=N1. The minimum Gasteiger partial charge on any atom is -0.252 e. The zero-order chi connectivity index (χ0) is 7.68. The highest BCUT2D eigenvalue weighted by atomic mass is 14.8. The lowest BCUT2D eigenvalue weighted by molar-refractivity contribution is 0.895. The first-order valence-corrected chi connectivity index (χ1v) is 4.00. The molecule has 1 heterocycles. The second-order valence-corrected chi connectivity index (χ2v) is 2.76. The maximum absolute atomic E-state index is 4.41. The Labute approximate surface area is 66.8 Å². The highest BCUT2D eigenvalue weighted by Gasteiger charge is 2.13. The average Bonchev–Trinajstić information content (AvgIpc) is 2.46. The van der Waals surface area contributed by atoms with Crippen molar-refractivity contribution in [1.82, 2.24) is 0 Å². The molecule has 55 valence electrons. The molecule has 0 unspecified atom stereocenters. The standard InChI is InChI=1S/C10H10N/c1-2-4-9-7-8-5-3-6-10(8)11-9/h3,5-6H,2,4H2,1H3. The molecule has 1 aliphatic heterocycles. The summed E-state index contributed by atoms with van der Waals surface area (Å²) in [6.07, 6.45) is 11.6. The molecule has 1 nitrogen and oxygen atoms in total. The number of hydrogen-bond acceptors (Lipinski definition) is 1. The van der Waals surface area contributed by atoms with E-state index in [-0.39, 0.29) is 0 Å². The fraction of sp³-hybridized carbons (Fsp3) is 0.300. The van der Waals surface area contributed by atoms with Crippen LogP contribution in [0.2, 0.25) is 0 Å². The summed E-state index contributed by atoms with van der Waals surface area (Å²) in [5.41, 5.74) is 3.36. The molecule has 0 bridgehead atoms. The predicted molar refractivity (Wildman–Crippen MR) is 46.3 cm³/mol. The lowest BCUT2D eigenvalue weighted by atomic mass is 10.2. The van der Waals surface area contributed by atoms with E-state index in [2.05, 4.69) is 24.1 Å². The predicted octanol–water partition coefficient (Wildman–Crippen LogP) is 2.42. The molecule has 0 aromatic rings. The van der Waals surface area contributed by atoms with Gasteiger partial charge in [0, 0.05) is 17.3 Å². The van der Waals surface area contributed by atoms with Crippen LogP contribution in [0.5, 0.6) is 0 Å². The third-order valence-electron chi connectivity index (χ3n) is 1.81. The van der Waals surface area contributed by atoms with Gasteiger partial charge in [0.1, 0.15) is 0 Å². The van der Waals surface area contributed by atoms with Gasteiger partial charge in [-0.15, -0.1) is 0 Å². The smallest absolute Gasteiger partial charge is 0.0712 e. The fourth-order valence-corrected chi connectivity index (χ4v) is 1.30.